The van der Waals surface area contributed by atoms with Gasteiger partial charge in [-0.2, -0.15) is 8.42 Å². The van der Waals surface area contributed by atoms with E-state index in [1.54, 1.807) is 6.92 Å². The van der Waals surface area contributed by atoms with E-state index in [0.29, 0.717) is 6.42 Å². The molecule has 6 nitrogen and oxygen atoms in total. The molecule has 0 amide bonds. The summed E-state index contributed by atoms with van der Waals surface area (Å²) in [5.41, 5.74) is 0.796. The average Bonchev–Trinajstić information content (AvgIpc) is 2.47. The lowest BCUT2D eigenvalue weighted by Crippen LogP contribution is -2.17. The summed E-state index contributed by atoms with van der Waals surface area (Å²) in [6.45, 7) is 1.66. The Morgan fingerprint density at radius 3 is 2.23 bits per heavy atom. The fourth-order valence-corrected chi connectivity index (χ4v) is 3.07. The molecule has 0 heterocycles. The van der Waals surface area contributed by atoms with E-state index in [-0.39, 0.29) is 10.6 Å². The Labute approximate surface area is 128 Å². The number of hydrogen-bond acceptors (Lipinski definition) is 5. The highest BCUT2D eigenvalue weighted by Crippen LogP contribution is 2.19. The van der Waals surface area contributed by atoms with Crippen molar-refractivity contribution in [2.45, 2.75) is 24.3 Å². The van der Waals surface area contributed by atoms with E-state index >= 15 is 0 Å². The molecule has 7 heteroatoms. The molecule has 1 atom stereocenters. The van der Waals surface area contributed by atoms with Crippen LogP contribution in [0, 0.1) is 10.1 Å². The second kappa shape index (κ2) is 6.67. The van der Waals surface area contributed by atoms with Crippen LogP contribution in [-0.4, -0.2) is 19.4 Å². The summed E-state index contributed by atoms with van der Waals surface area (Å²) in [6, 6.07) is 14.0. The van der Waals surface area contributed by atoms with Crippen molar-refractivity contribution in [2.75, 3.05) is 0 Å². The third kappa shape index (κ3) is 4.12. The van der Waals surface area contributed by atoms with Crippen molar-refractivity contribution in [1.82, 2.24) is 0 Å². The third-order valence-electron chi connectivity index (χ3n) is 2.99. The number of hydrogen-bond donors (Lipinski definition) is 0. The summed E-state index contributed by atoms with van der Waals surface area (Å²) in [5.74, 6) is 0. The summed E-state index contributed by atoms with van der Waals surface area (Å²) in [7, 11) is -3.94. The van der Waals surface area contributed by atoms with Crippen LogP contribution in [0.4, 0.5) is 5.69 Å². The lowest BCUT2D eigenvalue weighted by atomic mass is 10.1. The molecule has 2 aromatic rings. The molecule has 0 saturated carbocycles. The number of nitrogens with zero attached hydrogens (tertiary/aromatic N) is 1. The number of nitro benzene ring substituents is 1. The molecule has 0 aromatic heterocycles. The van der Waals surface area contributed by atoms with Gasteiger partial charge in [-0.3, -0.25) is 14.3 Å². The Morgan fingerprint density at radius 1 is 1.09 bits per heavy atom. The lowest BCUT2D eigenvalue weighted by molar-refractivity contribution is -0.384. The van der Waals surface area contributed by atoms with Crippen molar-refractivity contribution in [3.63, 3.8) is 0 Å². The highest BCUT2D eigenvalue weighted by Gasteiger charge is 2.20. The molecule has 0 saturated heterocycles. The smallest absolute Gasteiger partial charge is 0.263 e. The fraction of sp³-hybridized carbons (Fsp3) is 0.200. The number of rotatable bonds is 6. The molecular weight excluding hydrogens is 306 g/mol. The topological polar surface area (TPSA) is 86.5 Å². The average molecular weight is 321 g/mol. The van der Waals surface area contributed by atoms with E-state index in [1.165, 1.54) is 12.1 Å². The highest BCUT2D eigenvalue weighted by atomic mass is 32.2. The maximum absolute atomic E-state index is 12.1. The zero-order chi connectivity index (χ0) is 16.2. The van der Waals surface area contributed by atoms with Gasteiger partial charge < -0.3 is 0 Å². The lowest BCUT2D eigenvalue weighted by Gasteiger charge is -2.13. The van der Waals surface area contributed by atoms with Gasteiger partial charge in [-0.05, 0) is 31.0 Å². The summed E-state index contributed by atoms with van der Waals surface area (Å²) in [5, 5.41) is 10.6. The second-order valence-electron chi connectivity index (χ2n) is 4.80. The molecule has 0 aliphatic carbocycles. The van der Waals surface area contributed by atoms with Gasteiger partial charge in [0.05, 0.1) is 15.9 Å². The van der Waals surface area contributed by atoms with Crippen LogP contribution in [0.3, 0.4) is 0 Å². The summed E-state index contributed by atoms with van der Waals surface area (Å²) < 4.78 is 29.4. The van der Waals surface area contributed by atoms with Gasteiger partial charge in [0.25, 0.3) is 15.8 Å². The highest BCUT2D eigenvalue weighted by molar-refractivity contribution is 7.86. The summed E-state index contributed by atoms with van der Waals surface area (Å²) in [6.07, 6.45) is -0.0878. The van der Waals surface area contributed by atoms with Crippen LogP contribution >= 0.6 is 0 Å². The molecule has 2 aromatic carbocycles. The Morgan fingerprint density at radius 2 is 1.68 bits per heavy atom. The van der Waals surface area contributed by atoms with Crippen molar-refractivity contribution in [1.29, 1.82) is 0 Å². The van der Waals surface area contributed by atoms with Crippen LogP contribution in [0.25, 0.3) is 0 Å². The predicted molar refractivity (Wildman–Crippen MR) is 81.0 cm³/mol. The van der Waals surface area contributed by atoms with Crippen molar-refractivity contribution in [2.24, 2.45) is 0 Å². The normalized spacial score (nSPS) is 12.8. The predicted octanol–water partition coefficient (Wildman–Crippen LogP) is 2.93. The number of non-ortho nitro benzene ring substituents is 1. The number of nitro groups is 1. The van der Waals surface area contributed by atoms with Crippen molar-refractivity contribution >= 4 is 15.8 Å². The number of benzene rings is 2. The quantitative estimate of drug-likeness (QED) is 0.464. The van der Waals surface area contributed by atoms with Crippen molar-refractivity contribution < 1.29 is 17.5 Å². The Balaban J connectivity index is 2.08. The minimum absolute atomic E-state index is 0.0991. The molecule has 0 aliphatic heterocycles. The monoisotopic (exact) mass is 321 g/mol. The minimum Gasteiger partial charge on any atom is -0.263 e. The van der Waals surface area contributed by atoms with Gasteiger partial charge in [0.15, 0.2) is 0 Å². The van der Waals surface area contributed by atoms with Gasteiger partial charge in [0.2, 0.25) is 0 Å². The molecule has 0 fully saturated rings. The van der Waals surface area contributed by atoms with Crippen LogP contribution in [0.2, 0.25) is 0 Å². The summed E-state index contributed by atoms with van der Waals surface area (Å²) in [4.78, 5) is 9.88. The Kier molecular flexibility index (Phi) is 4.89. The standard InChI is InChI=1S/C15H15NO5S/c1-12(11-13-5-3-2-4-6-13)21-22(19,20)15-9-7-14(8-10-15)16(17)18/h2-10,12H,11H2,1H3. The fourth-order valence-electron chi connectivity index (χ4n) is 1.99. The van der Waals surface area contributed by atoms with E-state index in [0.717, 1.165) is 17.7 Å². The van der Waals surface area contributed by atoms with Gasteiger partial charge in [-0.25, -0.2) is 0 Å². The van der Waals surface area contributed by atoms with E-state index < -0.39 is 21.1 Å². The van der Waals surface area contributed by atoms with Crippen molar-refractivity contribution in [3.05, 3.63) is 70.3 Å². The van der Waals surface area contributed by atoms with Crippen molar-refractivity contribution in [3.8, 4) is 0 Å². The first-order valence-electron chi connectivity index (χ1n) is 6.60. The van der Waals surface area contributed by atoms with Gasteiger partial charge in [-0.1, -0.05) is 30.3 Å². The molecule has 0 aliphatic rings. The largest absolute Gasteiger partial charge is 0.297 e. The van der Waals surface area contributed by atoms with Crippen LogP contribution in [0.15, 0.2) is 59.5 Å². The first-order valence-corrected chi connectivity index (χ1v) is 8.01. The first-order chi connectivity index (χ1) is 10.4. The molecule has 2 rings (SSSR count). The molecule has 0 bridgehead atoms. The minimum atomic E-state index is -3.94. The Hall–Kier alpha value is -2.25. The maximum Gasteiger partial charge on any atom is 0.297 e. The van der Waals surface area contributed by atoms with Gasteiger partial charge in [-0.15, -0.1) is 0 Å². The maximum atomic E-state index is 12.1. The first kappa shape index (κ1) is 16.1. The van der Waals surface area contributed by atoms with Crippen LogP contribution < -0.4 is 0 Å². The molecular formula is C15H15NO5S. The van der Waals surface area contributed by atoms with E-state index in [2.05, 4.69) is 0 Å². The summed E-state index contributed by atoms with van der Waals surface area (Å²) >= 11 is 0. The second-order valence-corrected chi connectivity index (χ2v) is 6.37. The van der Waals surface area contributed by atoms with Crippen LogP contribution in [0.5, 0.6) is 0 Å². The van der Waals surface area contributed by atoms with Gasteiger partial charge in [0, 0.05) is 12.1 Å². The molecule has 0 radical (unpaired) electrons. The van der Waals surface area contributed by atoms with Crippen LogP contribution in [-0.2, 0) is 20.7 Å². The molecule has 1 unspecified atom stereocenters. The zero-order valence-electron chi connectivity index (χ0n) is 11.9. The van der Waals surface area contributed by atoms with Gasteiger partial charge in [0.1, 0.15) is 0 Å². The molecule has 22 heavy (non-hydrogen) atoms. The zero-order valence-corrected chi connectivity index (χ0v) is 12.7. The van der Waals surface area contributed by atoms with Crippen LogP contribution in [0.1, 0.15) is 12.5 Å². The molecule has 0 N–H and O–H groups in total. The SMILES string of the molecule is CC(Cc1ccccc1)OS(=O)(=O)c1ccc([N+](=O)[O-])cc1. The molecule has 0 spiro atoms. The van der Waals surface area contributed by atoms with E-state index in [4.69, 9.17) is 4.18 Å². The Bertz CT molecular complexity index is 741. The third-order valence-corrected chi connectivity index (χ3v) is 4.42. The van der Waals surface area contributed by atoms with E-state index in [9.17, 15) is 18.5 Å². The van der Waals surface area contributed by atoms with Gasteiger partial charge >= 0.3 is 0 Å². The van der Waals surface area contributed by atoms with E-state index in [1.807, 2.05) is 30.3 Å². The molecule has 116 valence electrons.